The Balaban J connectivity index is 1.94. The van der Waals surface area contributed by atoms with Crippen LogP contribution in [-0.4, -0.2) is 36.6 Å². The van der Waals surface area contributed by atoms with E-state index in [-0.39, 0.29) is 0 Å². The molecule has 21 heavy (non-hydrogen) atoms. The molecule has 0 aromatic rings. The molecule has 0 spiro atoms. The molecule has 1 saturated carbocycles. The SMILES string of the molecule is CCC(C)C1CNC(C2CCCCC2)CN1CCC(C)C. The van der Waals surface area contributed by atoms with Crippen LogP contribution in [0.5, 0.6) is 0 Å². The van der Waals surface area contributed by atoms with Crippen LogP contribution in [0.15, 0.2) is 0 Å². The lowest BCUT2D eigenvalue weighted by atomic mass is 9.81. The Morgan fingerprint density at radius 2 is 1.81 bits per heavy atom. The summed E-state index contributed by atoms with van der Waals surface area (Å²) in [6.45, 7) is 13.3. The minimum absolute atomic E-state index is 0.758. The molecule has 0 bridgehead atoms. The molecule has 0 aromatic heterocycles. The summed E-state index contributed by atoms with van der Waals surface area (Å²) >= 11 is 0. The van der Waals surface area contributed by atoms with Gasteiger partial charge in [0.2, 0.25) is 0 Å². The van der Waals surface area contributed by atoms with Crippen molar-refractivity contribution in [1.29, 1.82) is 0 Å². The Kier molecular flexibility index (Phi) is 7.01. The van der Waals surface area contributed by atoms with Crippen molar-refractivity contribution in [3.05, 3.63) is 0 Å². The highest BCUT2D eigenvalue weighted by Gasteiger charge is 2.34. The molecule has 0 radical (unpaired) electrons. The first-order chi connectivity index (χ1) is 10.1. The molecular weight excluding hydrogens is 256 g/mol. The molecule has 2 heteroatoms. The largest absolute Gasteiger partial charge is 0.311 e. The van der Waals surface area contributed by atoms with Crippen LogP contribution in [0.2, 0.25) is 0 Å². The van der Waals surface area contributed by atoms with E-state index in [1.807, 2.05) is 0 Å². The highest BCUT2D eigenvalue weighted by atomic mass is 15.2. The van der Waals surface area contributed by atoms with Crippen molar-refractivity contribution >= 4 is 0 Å². The van der Waals surface area contributed by atoms with Crippen LogP contribution in [0.4, 0.5) is 0 Å². The fourth-order valence-corrected chi connectivity index (χ4v) is 4.22. The summed E-state index contributed by atoms with van der Waals surface area (Å²) in [5, 5.41) is 3.93. The van der Waals surface area contributed by atoms with Gasteiger partial charge in [-0.3, -0.25) is 4.90 Å². The van der Waals surface area contributed by atoms with Gasteiger partial charge in [-0.25, -0.2) is 0 Å². The first kappa shape index (κ1) is 17.3. The molecule has 2 fully saturated rings. The standard InChI is InChI=1S/C19H38N2/c1-5-16(4)19-13-20-18(17-9-7-6-8-10-17)14-21(19)12-11-15(2)3/h15-20H,5-14H2,1-4H3. The second-order valence-electron chi connectivity index (χ2n) is 8.04. The monoisotopic (exact) mass is 294 g/mol. The van der Waals surface area contributed by atoms with Crippen LogP contribution < -0.4 is 5.32 Å². The second kappa shape index (κ2) is 8.53. The summed E-state index contributed by atoms with van der Waals surface area (Å²) in [5.74, 6) is 2.58. The molecule has 0 amide bonds. The van der Waals surface area contributed by atoms with Crippen molar-refractivity contribution in [3.63, 3.8) is 0 Å². The zero-order chi connectivity index (χ0) is 15.2. The third kappa shape index (κ3) is 4.96. The summed E-state index contributed by atoms with van der Waals surface area (Å²) in [6.07, 6.45) is 9.97. The molecule has 0 aromatic carbocycles. The fraction of sp³-hybridized carbons (Fsp3) is 1.00. The lowest BCUT2D eigenvalue weighted by Gasteiger charge is -2.46. The number of nitrogens with zero attached hydrogens (tertiary/aromatic N) is 1. The van der Waals surface area contributed by atoms with Gasteiger partial charge in [-0.2, -0.15) is 0 Å². The average Bonchev–Trinajstić information content (AvgIpc) is 2.52. The van der Waals surface area contributed by atoms with Gasteiger partial charge in [-0.05, 0) is 43.6 Å². The Labute approximate surface area is 133 Å². The van der Waals surface area contributed by atoms with Crippen LogP contribution in [0.1, 0.15) is 72.6 Å². The molecule has 1 N–H and O–H groups in total. The summed E-state index contributed by atoms with van der Waals surface area (Å²) in [5.41, 5.74) is 0. The molecule has 1 aliphatic carbocycles. The maximum Gasteiger partial charge on any atom is 0.0246 e. The smallest absolute Gasteiger partial charge is 0.0246 e. The molecule has 3 unspecified atom stereocenters. The van der Waals surface area contributed by atoms with E-state index >= 15 is 0 Å². The summed E-state index contributed by atoms with van der Waals surface area (Å²) in [6, 6.07) is 1.52. The van der Waals surface area contributed by atoms with Crippen molar-refractivity contribution < 1.29 is 0 Å². The Bertz CT molecular complexity index is 283. The molecule has 2 rings (SSSR count). The van der Waals surface area contributed by atoms with Crippen molar-refractivity contribution in [2.24, 2.45) is 17.8 Å². The van der Waals surface area contributed by atoms with Crippen LogP contribution >= 0.6 is 0 Å². The van der Waals surface area contributed by atoms with Gasteiger partial charge >= 0.3 is 0 Å². The molecule has 1 aliphatic heterocycles. The predicted molar refractivity (Wildman–Crippen MR) is 92.6 cm³/mol. The first-order valence-electron chi connectivity index (χ1n) is 9.59. The van der Waals surface area contributed by atoms with E-state index in [9.17, 15) is 0 Å². The second-order valence-corrected chi connectivity index (χ2v) is 8.04. The van der Waals surface area contributed by atoms with Crippen LogP contribution in [-0.2, 0) is 0 Å². The van der Waals surface area contributed by atoms with Gasteiger partial charge in [0.1, 0.15) is 0 Å². The normalized spacial score (nSPS) is 30.7. The molecule has 2 aliphatic rings. The molecule has 124 valence electrons. The number of rotatable bonds is 6. The maximum absolute atomic E-state index is 3.93. The zero-order valence-corrected chi connectivity index (χ0v) is 14.9. The van der Waals surface area contributed by atoms with Gasteiger partial charge in [0.05, 0.1) is 0 Å². The number of hydrogen-bond donors (Lipinski definition) is 1. The van der Waals surface area contributed by atoms with Gasteiger partial charge in [-0.15, -0.1) is 0 Å². The van der Waals surface area contributed by atoms with Crippen molar-refractivity contribution in [2.45, 2.75) is 84.7 Å². The topological polar surface area (TPSA) is 15.3 Å². The number of nitrogens with one attached hydrogen (secondary N) is 1. The highest BCUT2D eigenvalue weighted by Crippen LogP contribution is 2.30. The highest BCUT2D eigenvalue weighted by molar-refractivity contribution is 4.92. The first-order valence-corrected chi connectivity index (χ1v) is 9.59. The molecule has 1 heterocycles. The van der Waals surface area contributed by atoms with E-state index in [4.69, 9.17) is 0 Å². The molecular formula is C19H38N2. The predicted octanol–water partition coefficient (Wildman–Crippen LogP) is 4.30. The lowest BCUT2D eigenvalue weighted by molar-refractivity contribution is 0.0632. The zero-order valence-electron chi connectivity index (χ0n) is 14.9. The van der Waals surface area contributed by atoms with Crippen molar-refractivity contribution in [1.82, 2.24) is 10.2 Å². The number of piperazine rings is 1. The van der Waals surface area contributed by atoms with Crippen LogP contribution in [0.25, 0.3) is 0 Å². The maximum atomic E-state index is 3.93. The van der Waals surface area contributed by atoms with Gasteiger partial charge < -0.3 is 5.32 Å². The quantitative estimate of drug-likeness (QED) is 0.785. The Morgan fingerprint density at radius 3 is 2.43 bits per heavy atom. The van der Waals surface area contributed by atoms with E-state index < -0.39 is 0 Å². The van der Waals surface area contributed by atoms with E-state index in [1.54, 1.807) is 0 Å². The van der Waals surface area contributed by atoms with Crippen molar-refractivity contribution in [3.8, 4) is 0 Å². The Hall–Kier alpha value is -0.0800. The minimum Gasteiger partial charge on any atom is -0.311 e. The van der Waals surface area contributed by atoms with Gasteiger partial charge in [-0.1, -0.05) is 53.4 Å². The van der Waals surface area contributed by atoms with Crippen LogP contribution in [0.3, 0.4) is 0 Å². The summed E-state index contributed by atoms with van der Waals surface area (Å²) in [4.78, 5) is 2.84. The Morgan fingerprint density at radius 1 is 1.10 bits per heavy atom. The molecule has 3 atom stereocenters. The molecule has 2 nitrogen and oxygen atoms in total. The van der Waals surface area contributed by atoms with Gasteiger partial charge in [0, 0.05) is 25.2 Å². The third-order valence-corrected chi connectivity index (χ3v) is 6.00. The van der Waals surface area contributed by atoms with E-state index in [0.29, 0.717) is 0 Å². The average molecular weight is 295 g/mol. The summed E-state index contributed by atoms with van der Waals surface area (Å²) in [7, 11) is 0. The lowest BCUT2D eigenvalue weighted by Crippen LogP contribution is -2.60. The molecule has 1 saturated heterocycles. The van der Waals surface area contributed by atoms with Gasteiger partial charge in [0.15, 0.2) is 0 Å². The fourth-order valence-electron chi connectivity index (χ4n) is 4.22. The van der Waals surface area contributed by atoms with E-state index in [1.165, 1.54) is 64.6 Å². The summed E-state index contributed by atoms with van der Waals surface area (Å²) < 4.78 is 0. The number of hydrogen-bond acceptors (Lipinski definition) is 2. The minimum atomic E-state index is 0.758. The van der Waals surface area contributed by atoms with Crippen LogP contribution in [0, 0.1) is 17.8 Å². The van der Waals surface area contributed by atoms with E-state index in [0.717, 1.165) is 29.8 Å². The van der Waals surface area contributed by atoms with E-state index in [2.05, 4.69) is 37.9 Å². The van der Waals surface area contributed by atoms with Gasteiger partial charge in [0.25, 0.3) is 0 Å². The van der Waals surface area contributed by atoms with Crippen molar-refractivity contribution in [2.75, 3.05) is 19.6 Å². The third-order valence-electron chi connectivity index (χ3n) is 6.00.